The van der Waals surface area contributed by atoms with Crippen molar-refractivity contribution in [2.45, 2.75) is 25.3 Å². The van der Waals surface area contributed by atoms with Crippen molar-refractivity contribution < 1.29 is 4.79 Å². The van der Waals surface area contributed by atoms with Crippen molar-refractivity contribution in [2.24, 2.45) is 0 Å². The molecule has 0 bridgehead atoms. The smallest absolute Gasteiger partial charge is 0.255 e. The van der Waals surface area contributed by atoms with Crippen molar-refractivity contribution in [1.82, 2.24) is 14.8 Å². The quantitative estimate of drug-likeness (QED) is 0.909. The number of fused-ring (bicyclic) bond motifs is 1. The molecule has 0 aliphatic carbocycles. The van der Waals surface area contributed by atoms with Crippen molar-refractivity contribution >= 4 is 23.3 Å². The van der Waals surface area contributed by atoms with E-state index in [0.29, 0.717) is 22.4 Å². The summed E-state index contributed by atoms with van der Waals surface area (Å²) in [6.07, 6.45) is 5.28. The van der Waals surface area contributed by atoms with Gasteiger partial charge in [0, 0.05) is 38.9 Å². The molecule has 0 spiro atoms. The third-order valence-electron chi connectivity index (χ3n) is 4.47. The summed E-state index contributed by atoms with van der Waals surface area (Å²) in [5.41, 5.74) is 0.542. The number of hydrogen-bond acceptors (Lipinski definition) is 4. The molecular weight excluding hydrogens is 288 g/mol. The number of piperidine rings is 1. The van der Waals surface area contributed by atoms with Crippen molar-refractivity contribution in [3.8, 4) is 0 Å². The van der Waals surface area contributed by atoms with E-state index in [2.05, 4.69) is 15.2 Å². The summed E-state index contributed by atoms with van der Waals surface area (Å²) in [5, 5.41) is 3.37. The van der Waals surface area contributed by atoms with E-state index < -0.39 is 0 Å². The van der Waals surface area contributed by atoms with Gasteiger partial charge in [0.1, 0.15) is 5.82 Å². The van der Waals surface area contributed by atoms with Crippen molar-refractivity contribution in [2.75, 3.05) is 38.5 Å². The first-order valence-electron chi connectivity index (χ1n) is 7.55. The van der Waals surface area contributed by atoms with Gasteiger partial charge in [0.15, 0.2) is 0 Å². The first kappa shape index (κ1) is 14.6. The van der Waals surface area contributed by atoms with Gasteiger partial charge >= 0.3 is 0 Å². The van der Waals surface area contributed by atoms with Crippen LogP contribution in [0.1, 0.15) is 29.6 Å². The number of aromatic nitrogens is 1. The second kappa shape index (κ2) is 6.20. The number of halogens is 1. The molecular formula is C15H21ClN4O. The molecule has 1 atom stereocenters. The van der Waals surface area contributed by atoms with Crippen LogP contribution in [0.15, 0.2) is 12.3 Å². The van der Waals surface area contributed by atoms with Gasteiger partial charge in [0.05, 0.1) is 10.6 Å². The van der Waals surface area contributed by atoms with Crippen LogP contribution in [-0.2, 0) is 0 Å². The van der Waals surface area contributed by atoms with Crippen molar-refractivity contribution in [3.63, 3.8) is 0 Å². The molecule has 1 aromatic heterocycles. The highest BCUT2D eigenvalue weighted by molar-refractivity contribution is 6.33. The van der Waals surface area contributed by atoms with Crippen LogP contribution in [0, 0.1) is 0 Å². The average molecular weight is 309 g/mol. The normalized spacial score (nSPS) is 22.8. The molecule has 6 heteroatoms. The van der Waals surface area contributed by atoms with Crippen LogP contribution in [0.3, 0.4) is 0 Å². The Bertz CT molecular complexity index is 536. The number of nitrogens with one attached hydrogen (secondary N) is 1. The Labute approximate surface area is 130 Å². The third kappa shape index (κ3) is 2.99. The van der Waals surface area contributed by atoms with E-state index in [1.54, 1.807) is 13.1 Å². The average Bonchev–Trinajstić information content (AvgIpc) is 2.54. The minimum Gasteiger partial charge on any atom is -0.373 e. The number of carbonyl (C=O) groups is 1. The summed E-state index contributed by atoms with van der Waals surface area (Å²) in [7, 11) is 1.78. The van der Waals surface area contributed by atoms with Gasteiger partial charge < -0.3 is 10.2 Å². The molecule has 0 saturated carbocycles. The molecule has 0 aromatic carbocycles. The Hall–Kier alpha value is -1.33. The molecule has 1 unspecified atom stereocenters. The molecule has 2 aliphatic rings. The van der Waals surface area contributed by atoms with Gasteiger partial charge in [-0.05, 0) is 25.5 Å². The fourth-order valence-electron chi connectivity index (χ4n) is 3.25. The van der Waals surface area contributed by atoms with E-state index in [1.165, 1.54) is 32.0 Å². The lowest BCUT2D eigenvalue weighted by atomic mass is 9.99. The number of nitrogens with zero attached hydrogens (tertiary/aromatic N) is 3. The summed E-state index contributed by atoms with van der Waals surface area (Å²) in [5.74, 6) is 0.683. The number of amides is 1. The van der Waals surface area contributed by atoms with Crippen LogP contribution >= 0.6 is 11.6 Å². The maximum Gasteiger partial charge on any atom is 0.255 e. The van der Waals surface area contributed by atoms with E-state index in [1.807, 2.05) is 4.90 Å². The number of hydrogen-bond donors (Lipinski definition) is 1. The second-order valence-corrected chi connectivity index (χ2v) is 6.14. The first-order valence-corrected chi connectivity index (χ1v) is 7.93. The molecule has 1 N–H and O–H groups in total. The fourth-order valence-corrected chi connectivity index (χ4v) is 3.43. The highest BCUT2D eigenvalue weighted by Gasteiger charge is 2.32. The summed E-state index contributed by atoms with van der Waals surface area (Å²) in [6, 6.07) is 2.25. The van der Waals surface area contributed by atoms with Gasteiger partial charge in [-0.2, -0.15) is 0 Å². The maximum atomic E-state index is 12.7. The van der Waals surface area contributed by atoms with E-state index in [0.717, 1.165) is 19.6 Å². The van der Waals surface area contributed by atoms with Gasteiger partial charge in [0.2, 0.25) is 0 Å². The van der Waals surface area contributed by atoms with Crippen LogP contribution in [0.4, 0.5) is 5.82 Å². The molecule has 1 aromatic rings. The number of carbonyl (C=O) groups excluding carboxylic acids is 1. The Morgan fingerprint density at radius 2 is 2.24 bits per heavy atom. The highest BCUT2D eigenvalue weighted by Crippen LogP contribution is 2.24. The van der Waals surface area contributed by atoms with Gasteiger partial charge in [-0.15, -0.1) is 0 Å². The summed E-state index contributed by atoms with van der Waals surface area (Å²) < 4.78 is 0. The molecule has 21 heavy (non-hydrogen) atoms. The monoisotopic (exact) mass is 308 g/mol. The maximum absolute atomic E-state index is 12.7. The minimum absolute atomic E-state index is 0.0177. The van der Waals surface area contributed by atoms with Gasteiger partial charge in [-0.25, -0.2) is 4.98 Å². The van der Waals surface area contributed by atoms with Crippen LogP contribution in [-0.4, -0.2) is 60.0 Å². The van der Waals surface area contributed by atoms with Gasteiger partial charge in [-0.1, -0.05) is 18.0 Å². The third-order valence-corrected chi connectivity index (χ3v) is 4.77. The molecule has 114 valence electrons. The zero-order valence-electron chi connectivity index (χ0n) is 12.3. The molecule has 5 nitrogen and oxygen atoms in total. The Morgan fingerprint density at radius 3 is 3.05 bits per heavy atom. The lowest BCUT2D eigenvalue weighted by Gasteiger charge is -2.44. The zero-order valence-corrected chi connectivity index (χ0v) is 13.1. The van der Waals surface area contributed by atoms with Crippen LogP contribution < -0.4 is 5.32 Å². The van der Waals surface area contributed by atoms with E-state index in [4.69, 9.17) is 11.6 Å². The Balaban J connectivity index is 1.76. The van der Waals surface area contributed by atoms with Crippen molar-refractivity contribution in [1.29, 1.82) is 0 Å². The molecule has 3 rings (SSSR count). The number of pyridine rings is 1. The summed E-state index contributed by atoms with van der Waals surface area (Å²) in [4.78, 5) is 21.3. The largest absolute Gasteiger partial charge is 0.373 e. The molecule has 2 aliphatic heterocycles. The van der Waals surface area contributed by atoms with E-state index in [9.17, 15) is 4.79 Å². The van der Waals surface area contributed by atoms with Crippen LogP contribution in [0.2, 0.25) is 5.02 Å². The number of rotatable bonds is 2. The zero-order chi connectivity index (χ0) is 14.8. The second-order valence-electron chi connectivity index (χ2n) is 5.74. The van der Waals surface area contributed by atoms with Gasteiger partial charge in [0.25, 0.3) is 5.91 Å². The lowest BCUT2D eigenvalue weighted by Crippen LogP contribution is -2.56. The van der Waals surface area contributed by atoms with Crippen molar-refractivity contribution in [3.05, 3.63) is 22.8 Å². The molecule has 0 radical (unpaired) electrons. The topological polar surface area (TPSA) is 48.5 Å². The van der Waals surface area contributed by atoms with Crippen LogP contribution in [0.25, 0.3) is 0 Å². The van der Waals surface area contributed by atoms with E-state index >= 15 is 0 Å². The Kier molecular flexibility index (Phi) is 4.31. The molecule has 2 fully saturated rings. The molecule has 3 heterocycles. The van der Waals surface area contributed by atoms with Gasteiger partial charge in [-0.3, -0.25) is 9.69 Å². The van der Waals surface area contributed by atoms with Crippen LogP contribution in [0.5, 0.6) is 0 Å². The number of piperazine rings is 1. The first-order chi connectivity index (χ1) is 10.2. The summed E-state index contributed by atoms with van der Waals surface area (Å²) in [6.45, 7) is 3.74. The molecule has 2 saturated heterocycles. The SMILES string of the molecule is CNc1cc(C(=O)N2CCN3CCCCC3C2)c(Cl)cn1. The number of anilines is 1. The predicted octanol–water partition coefficient (Wildman–Crippen LogP) is 2.09. The lowest BCUT2D eigenvalue weighted by molar-refractivity contribution is 0.0372. The minimum atomic E-state index is 0.0177. The summed E-state index contributed by atoms with van der Waals surface area (Å²) >= 11 is 6.16. The Morgan fingerprint density at radius 1 is 1.38 bits per heavy atom. The predicted molar refractivity (Wildman–Crippen MR) is 83.9 cm³/mol. The standard InChI is InChI=1S/C15H21ClN4O/c1-17-14-8-12(13(16)9-18-14)15(21)20-7-6-19-5-3-2-4-11(19)10-20/h8-9,11H,2-7,10H2,1H3,(H,17,18). The van der Waals surface area contributed by atoms with E-state index in [-0.39, 0.29) is 5.91 Å². The fraction of sp³-hybridized carbons (Fsp3) is 0.600. The highest BCUT2D eigenvalue weighted by atomic mass is 35.5. The molecule has 1 amide bonds.